The van der Waals surface area contributed by atoms with E-state index in [9.17, 15) is 26.4 Å². The van der Waals surface area contributed by atoms with Crippen molar-refractivity contribution in [3.8, 4) is 0 Å². The summed E-state index contributed by atoms with van der Waals surface area (Å²) in [6.07, 6.45) is 2.10. The van der Waals surface area contributed by atoms with Crippen LogP contribution in [0.3, 0.4) is 0 Å². The van der Waals surface area contributed by atoms with Crippen molar-refractivity contribution in [3.05, 3.63) is 0 Å². The van der Waals surface area contributed by atoms with Gasteiger partial charge in [-0.1, -0.05) is 0 Å². The summed E-state index contributed by atoms with van der Waals surface area (Å²) in [6, 6.07) is 0. The van der Waals surface area contributed by atoms with Crippen LogP contribution in [-0.4, -0.2) is 69.5 Å². The highest BCUT2D eigenvalue weighted by Gasteiger charge is 1.90. The smallest absolute Gasteiger partial charge is 0.302 e. The zero-order valence-corrected chi connectivity index (χ0v) is 15.7. The zero-order chi connectivity index (χ0) is 19.0. The number of carbonyl (C=O) groups excluding carboxylic acids is 2. The quantitative estimate of drug-likeness (QED) is 0.452. The second kappa shape index (κ2) is 16.1. The van der Waals surface area contributed by atoms with Crippen molar-refractivity contribution in [2.75, 3.05) is 40.8 Å². The Morgan fingerprint density at radius 2 is 1.09 bits per heavy atom. The summed E-state index contributed by atoms with van der Waals surface area (Å²) in [5.41, 5.74) is 0. The highest BCUT2D eigenvalue weighted by atomic mass is 32.2. The Hall–Kier alpha value is -1.24. The average molecular weight is 366 g/mol. The van der Waals surface area contributed by atoms with Gasteiger partial charge in [0.1, 0.15) is 0 Å². The van der Waals surface area contributed by atoms with E-state index >= 15 is 0 Å². The van der Waals surface area contributed by atoms with Gasteiger partial charge < -0.3 is 10.1 Å². The molecule has 0 saturated carbocycles. The molecule has 22 heavy (non-hydrogen) atoms. The molecule has 0 heterocycles. The highest BCUT2D eigenvalue weighted by molar-refractivity contribution is 7.88. The van der Waals surface area contributed by atoms with Crippen molar-refractivity contribution in [2.24, 2.45) is 0 Å². The number of carbonyl (C=O) groups is 2. The molecule has 0 spiro atoms. The molecular weight excluding hydrogens is 340 g/mol. The first-order valence-corrected chi connectivity index (χ1v) is 9.24. The lowest BCUT2D eigenvalue weighted by atomic mass is 10.7. The van der Waals surface area contributed by atoms with Crippen LogP contribution in [0.5, 0.6) is 0 Å². The van der Waals surface area contributed by atoms with Gasteiger partial charge in [0.15, 0.2) is 0 Å². The molecule has 1 amide bonds. The number of ether oxygens (including phenoxy) is 1. The Labute approximate surface area is 132 Å². The molecule has 0 atom stereocenters. The summed E-state index contributed by atoms with van der Waals surface area (Å²) < 4.78 is 49.4. The van der Waals surface area contributed by atoms with Gasteiger partial charge in [-0.15, -0.1) is 0 Å². The van der Waals surface area contributed by atoms with Crippen molar-refractivity contribution in [2.45, 2.75) is 13.8 Å². The SMILES string of the molecule is CNC(C)=O.CNS(C)(=O)=O.COC(C)=O.COS(C)(=O)=O. The summed E-state index contributed by atoms with van der Waals surface area (Å²) >= 11 is 0. The molecule has 0 saturated heterocycles. The van der Waals surface area contributed by atoms with Gasteiger partial charge in [0.2, 0.25) is 15.9 Å². The molecule has 0 aliphatic rings. The van der Waals surface area contributed by atoms with E-state index in [1.54, 1.807) is 7.05 Å². The predicted octanol–water partition coefficient (Wildman–Crippen LogP) is -1.31. The van der Waals surface area contributed by atoms with Crippen LogP contribution in [0.15, 0.2) is 0 Å². The van der Waals surface area contributed by atoms with Gasteiger partial charge >= 0.3 is 5.97 Å². The molecule has 0 aliphatic carbocycles. The molecule has 0 fully saturated rings. The van der Waals surface area contributed by atoms with E-state index in [0.717, 1.165) is 19.6 Å². The second-order valence-corrected chi connectivity index (χ2v) is 7.04. The monoisotopic (exact) mass is 366 g/mol. The lowest BCUT2D eigenvalue weighted by Gasteiger charge is -1.85. The maximum Gasteiger partial charge on any atom is 0.302 e. The maximum atomic E-state index is 9.89. The third kappa shape index (κ3) is 77.1. The van der Waals surface area contributed by atoms with Crippen LogP contribution >= 0.6 is 0 Å². The zero-order valence-electron chi connectivity index (χ0n) is 14.1. The van der Waals surface area contributed by atoms with E-state index in [4.69, 9.17) is 0 Å². The number of nitrogens with one attached hydrogen (secondary N) is 2. The van der Waals surface area contributed by atoms with E-state index in [0.29, 0.717) is 0 Å². The molecule has 0 rings (SSSR count). The summed E-state index contributed by atoms with van der Waals surface area (Å²) in [6.45, 7) is 2.83. The van der Waals surface area contributed by atoms with Crippen molar-refractivity contribution >= 4 is 32.0 Å². The number of sulfonamides is 1. The fourth-order valence-corrected chi connectivity index (χ4v) is 0. The molecular formula is C10H26N2O8S2. The van der Waals surface area contributed by atoms with Crippen molar-refractivity contribution in [3.63, 3.8) is 0 Å². The molecule has 136 valence electrons. The fraction of sp³-hybridized carbons (Fsp3) is 0.800. The van der Waals surface area contributed by atoms with Gasteiger partial charge in [-0.3, -0.25) is 13.8 Å². The number of amides is 1. The lowest BCUT2D eigenvalue weighted by molar-refractivity contribution is -0.137. The number of hydrogen-bond donors (Lipinski definition) is 2. The van der Waals surface area contributed by atoms with E-state index in [-0.39, 0.29) is 11.9 Å². The number of methoxy groups -OCH3 is 1. The Morgan fingerprint density at radius 1 is 0.909 bits per heavy atom. The van der Waals surface area contributed by atoms with Gasteiger partial charge in [0.25, 0.3) is 10.1 Å². The first-order valence-electron chi connectivity index (χ1n) is 5.53. The molecule has 0 radical (unpaired) electrons. The van der Waals surface area contributed by atoms with Crippen LogP contribution < -0.4 is 10.0 Å². The molecule has 0 bridgehead atoms. The molecule has 12 heteroatoms. The molecule has 0 aliphatic heterocycles. The summed E-state index contributed by atoms with van der Waals surface area (Å²) in [7, 11) is -0.634. The maximum absolute atomic E-state index is 9.89. The normalized spacial score (nSPS) is 9.45. The van der Waals surface area contributed by atoms with Crippen LogP contribution in [0.4, 0.5) is 0 Å². The molecule has 0 unspecified atom stereocenters. The molecule has 2 N–H and O–H groups in total. The van der Waals surface area contributed by atoms with Crippen LogP contribution in [0.1, 0.15) is 13.8 Å². The van der Waals surface area contributed by atoms with E-state index in [1.165, 1.54) is 28.0 Å². The summed E-state index contributed by atoms with van der Waals surface area (Å²) in [4.78, 5) is 19.3. The third-order valence-electron chi connectivity index (χ3n) is 1.31. The topological polar surface area (TPSA) is 145 Å². The molecule has 0 aromatic heterocycles. The summed E-state index contributed by atoms with van der Waals surface area (Å²) in [5.74, 6) is -0.241. The van der Waals surface area contributed by atoms with E-state index in [2.05, 4.69) is 19.0 Å². The van der Waals surface area contributed by atoms with Crippen molar-refractivity contribution in [1.82, 2.24) is 10.0 Å². The lowest BCUT2D eigenvalue weighted by Crippen LogP contribution is -2.15. The van der Waals surface area contributed by atoms with Gasteiger partial charge in [0, 0.05) is 20.9 Å². The molecule has 10 nitrogen and oxygen atoms in total. The minimum absolute atomic E-state index is 0.00463. The minimum atomic E-state index is -3.16. The van der Waals surface area contributed by atoms with Gasteiger partial charge in [0.05, 0.1) is 26.7 Å². The van der Waals surface area contributed by atoms with Gasteiger partial charge in [-0.05, 0) is 7.05 Å². The Balaban J connectivity index is -0.0000000986. The number of rotatable bonds is 2. The van der Waals surface area contributed by atoms with Crippen LogP contribution in [0.25, 0.3) is 0 Å². The fourth-order valence-electron chi connectivity index (χ4n) is 0. The first-order chi connectivity index (χ1) is 9.66. The predicted molar refractivity (Wildman–Crippen MR) is 83.2 cm³/mol. The molecule has 0 aromatic rings. The summed E-state index contributed by atoms with van der Waals surface area (Å²) in [5, 5.41) is 2.39. The van der Waals surface area contributed by atoms with E-state index in [1.807, 2.05) is 0 Å². The largest absolute Gasteiger partial charge is 0.469 e. The van der Waals surface area contributed by atoms with Crippen LogP contribution in [-0.2, 0) is 38.7 Å². The average Bonchev–Trinajstić information content (AvgIpc) is 2.39. The minimum Gasteiger partial charge on any atom is -0.469 e. The van der Waals surface area contributed by atoms with Gasteiger partial charge in [-0.25, -0.2) is 13.1 Å². The molecule has 0 aromatic carbocycles. The number of esters is 1. The van der Waals surface area contributed by atoms with Gasteiger partial charge in [-0.2, -0.15) is 8.42 Å². The highest BCUT2D eigenvalue weighted by Crippen LogP contribution is 1.75. The van der Waals surface area contributed by atoms with Crippen molar-refractivity contribution in [1.29, 1.82) is 0 Å². The number of hydrogen-bond acceptors (Lipinski definition) is 8. The third-order valence-corrected chi connectivity index (χ3v) is 2.66. The van der Waals surface area contributed by atoms with Crippen molar-refractivity contribution < 1.29 is 35.3 Å². The van der Waals surface area contributed by atoms with Crippen LogP contribution in [0, 0.1) is 0 Å². The standard InChI is InChI=1S/C3H7NO.C3H6O2.C2H7NO2S.C2H6O3S/c1-3(5)4-2;1-3(4)5-2;1-3-6(2,4)5;1-5-6(2,3)4/h1-2H3,(H,4,5);1-2H3;3H,1-2H3;1-2H3. The Kier molecular flexibility index (Phi) is 21.2. The van der Waals surface area contributed by atoms with E-state index < -0.39 is 20.1 Å². The second-order valence-electron chi connectivity index (χ2n) is 3.35. The Morgan fingerprint density at radius 3 is 1.09 bits per heavy atom. The first kappa shape index (κ1) is 28.9. The van der Waals surface area contributed by atoms with Crippen LogP contribution in [0.2, 0.25) is 0 Å². The Bertz CT molecular complexity index is 439.